The summed E-state index contributed by atoms with van der Waals surface area (Å²) in [6.45, 7) is 0. The molecule has 2 heterocycles. The monoisotopic (exact) mass is 567 g/mol. The summed E-state index contributed by atoms with van der Waals surface area (Å²) in [6.07, 6.45) is -1.47. The number of amides is 2. The predicted molar refractivity (Wildman–Crippen MR) is 144 cm³/mol. The Morgan fingerprint density at radius 3 is 2.07 bits per heavy atom. The van der Waals surface area contributed by atoms with Crippen molar-refractivity contribution in [3.8, 4) is 11.3 Å². The van der Waals surface area contributed by atoms with Gasteiger partial charge in [-0.2, -0.15) is 13.2 Å². The fourth-order valence-corrected chi connectivity index (χ4v) is 4.89. The van der Waals surface area contributed by atoms with E-state index >= 15 is 0 Å². The highest BCUT2D eigenvalue weighted by Gasteiger charge is 2.31. The van der Waals surface area contributed by atoms with Crippen LogP contribution in [0.1, 0.15) is 37.3 Å². The molecule has 1 aliphatic rings. The first-order valence-electron chi connectivity index (χ1n) is 12.6. The molecule has 11 nitrogen and oxygen atoms in total. The third-order valence-electron chi connectivity index (χ3n) is 7.00. The van der Waals surface area contributed by atoms with Gasteiger partial charge in [-0.15, -0.1) is 0 Å². The maximum Gasteiger partial charge on any atom is 0.416 e. The molecule has 4 aromatic rings. The highest BCUT2D eigenvalue weighted by atomic mass is 19.4. The summed E-state index contributed by atoms with van der Waals surface area (Å²) in [5, 5.41) is 14.4. The van der Waals surface area contributed by atoms with Gasteiger partial charge < -0.3 is 21.5 Å². The molecular formula is C27H24F3N7O4. The molecule has 2 aromatic carbocycles. The smallest absolute Gasteiger partial charge is 0.416 e. The molecule has 1 fully saturated rings. The van der Waals surface area contributed by atoms with Crippen LogP contribution in [0.15, 0.2) is 59.7 Å². The molecule has 1 aliphatic carbocycles. The van der Waals surface area contributed by atoms with Crippen LogP contribution in [0.4, 0.5) is 35.2 Å². The van der Waals surface area contributed by atoms with Gasteiger partial charge >= 0.3 is 18.2 Å². The first-order chi connectivity index (χ1) is 19.5. The number of carbonyl (C=O) groups is 2. The van der Waals surface area contributed by atoms with E-state index in [1.165, 1.54) is 10.9 Å². The van der Waals surface area contributed by atoms with Crippen molar-refractivity contribution in [3.05, 3.63) is 70.8 Å². The van der Waals surface area contributed by atoms with E-state index in [2.05, 4.69) is 25.6 Å². The number of alkyl halides is 3. The molecule has 41 heavy (non-hydrogen) atoms. The third kappa shape index (κ3) is 5.81. The van der Waals surface area contributed by atoms with Gasteiger partial charge in [0.15, 0.2) is 11.5 Å². The van der Waals surface area contributed by atoms with Crippen LogP contribution in [0, 0.1) is 5.92 Å². The Morgan fingerprint density at radius 2 is 1.51 bits per heavy atom. The number of carboxylic acids is 1. The molecule has 0 radical (unpaired) electrons. The summed E-state index contributed by atoms with van der Waals surface area (Å²) in [6, 6.07) is 9.28. The summed E-state index contributed by atoms with van der Waals surface area (Å²) >= 11 is 0. The number of aromatic nitrogens is 4. The van der Waals surface area contributed by atoms with Gasteiger partial charge in [0.05, 0.1) is 11.5 Å². The molecular weight excluding hydrogens is 543 g/mol. The number of nitrogens with one attached hydrogen (secondary N) is 2. The van der Waals surface area contributed by atoms with E-state index < -0.39 is 35.2 Å². The Morgan fingerprint density at radius 1 is 0.927 bits per heavy atom. The Labute approximate surface area is 230 Å². The highest BCUT2D eigenvalue weighted by Crippen LogP contribution is 2.34. The number of nitrogens with zero attached hydrogens (tertiary/aromatic N) is 4. The number of carbonyl (C=O) groups excluding carboxylic acids is 1. The molecule has 0 saturated heterocycles. The van der Waals surface area contributed by atoms with Crippen LogP contribution in [-0.2, 0) is 11.0 Å². The number of urea groups is 1. The average Bonchev–Trinajstić information content (AvgIpc) is 2.93. The first-order valence-corrected chi connectivity index (χ1v) is 12.6. The number of fused-ring (bicyclic) bond motifs is 1. The zero-order valence-corrected chi connectivity index (χ0v) is 21.4. The number of rotatable bonds is 5. The van der Waals surface area contributed by atoms with Crippen LogP contribution < -0.4 is 21.9 Å². The molecule has 5 N–H and O–H groups in total. The number of nitrogens with two attached hydrogens (primary N) is 1. The summed E-state index contributed by atoms with van der Waals surface area (Å²) in [5.41, 5.74) is 6.36. The van der Waals surface area contributed by atoms with E-state index in [9.17, 15) is 32.7 Å². The molecule has 0 bridgehead atoms. The fourth-order valence-electron chi connectivity index (χ4n) is 4.89. The number of hydrogen-bond donors (Lipinski definition) is 4. The van der Waals surface area contributed by atoms with Crippen molar-refractivity contribution in [1.29, 1.82) is 0 Å². The van der Waals surface area contributed by atoms with Crippen molar-refractivity contribution in [1.82, 2.24) is 19.5 Å². The maximum atomic E-state index is 13.7. The minimum atomic E-state index is -4.48. The minimum Gasteiger partial charge on any atom is -0.481 e. The maximum absolute atomic E-state index is 13.7. The topological polar surface area (TPSA) is 165 Å². The van der Waals surface area contributed by atoms with E-state index in [0.717, 1.165) is 24.3 Å². The van der Waals surface area contributed by atoms with Gasteiger partial charge in [-0.1, -0.05) is 12.1 Å². The average molecular weight is 568 g/mol. The van der Waals surface area contributed by atoms with Crippen LogP contribution in [0.3, 0.4) is 0 Å². The van der Waals surface area contributed by atoms with Gasteiger partial charge in [-0.3, -0.25) is 14.2 Å². The van der Waals surface area contributed by atoms with Gasteiger partial charge in [0.25, 0.3) is 5.56 Å². The second kappa shape index (κ2) is 10.9. The van der Waals surface area contributed by atoms with Crippen molar-refractivity contribution < 1.29 is 27.9 Å². The highest BCUT2D eigenvalue weighted by molar-refractivity contribution is 5.99. The lowest BCUT2D eigenvalue weighted by molar-refractivity contribution is -0.143. The zero-order chi connectivity index (χ0) is 29.3. The second-order valence-corrected chi connectivity index (χ2v) is 9.64. The second-order valence-electron chi connectivity index (χ2n) is 9.64. The lowest BCUT2D eigenvalue weighted by Crippen LogP contribution is -2.32. The van der Waals surface area contributed by atoms with E-state index in [1.54, 1.807) is 24.3 Å². The molecule has 0 unspecified atom stereocenters. The van der Waals surface area contributed by atoms with Gasteiger partial charge in [0, 0.05) is 23.0 Å². The zero-order valence-electron chi connectivity index (χ0n) is 21.4. The quantitative estimate of drug-likeness (QED) is 0.264. The number of carboxylic acid groups (broad SMARTS) is 1. The summed E-state index contributed by atoms with van der Waals surface area (Å²) < 4.78 is 39.8. The number of halogens is 3. The van der Waals surface area contributed by atoms with Gasteiger partial charge in [-0.05, 0) is 62.1 Å². The molecule has 2 amide bonds. The lowest BCUT2D eigenvalue weighted by Gasteiger charge is -2.28. The Balaban J connectivity index is 1.38. The van der Waals surface area contributed by atoms with Gasteiger partial charge in [0.2, 0.25) is 0 Å². The standard InChI is InChI=1S/C27H24F3N7O4/c28-27(29,30)16-5-9-18(10-6-16)35-26(41)34-17-7-1-14(2-8-17)20-24(38)37(19-11-3-15(4-12-19)25(39)40)23-21(36-20)22(31)32-13-33-23/h1-2,5-10,13,15,19H,3-4,11-12H2,(H,39,40)(H2,31,32,33)(H2,34,35,41). The van der Waals surface area contributed by atoms with Gasteiger partial charge in [0.1, 0.15) is 17.5 Å². The number of aliphatic carboxylic acids is 1. The van der Waals surface area contributed by atoms with E-state index in [0.29, 0.717) is 36.9 Å². The Hall–Kier alpha value is -5.01. The normalized spacial score (nSPS) is 17.2. The SMILES string of the molecule is Nc1ncnc2c1nc(-c1ccc(NC(=O)Nc3ccc(C(F)(F)F)cc3)cc1)c(=O)n2C1CCC(C(=O)O)CC1. The molecule has 2 aromatic heterocycles. The van der Waals surface area contributed by atoms with Crippen LogP contribution in [0.5, 0.6) is 0 Å². The molecule has 0 spiro atoms. The third-order valence-corrected chi connectivity index (χ3v) is 7.00. The number of benzene rings is 2. The largest absolute Gasteiger partial charge is 0.481 e. The van der Waals surface area contributed by atoms with E-state index in [-0.39, 0.29) is 34.4 Å². The number of hydrogen-bond acceptors (Lipinski definition) is 7. The van der Waals surface area contributed by atoms with Crippen LogP contribution >= 0.6 is 0 Å². The van der Waals surface area contributed by atoms with Gasteiger partial charge in [-0.25, -0.2) is 19.7 Å². The van der Waals surface area contributed by atoms with Crippen LogP contribution in [0.25, 0.3) is 22.4 Å². The van der Waals surface area contributed by atoms with E-state index in [4.69, 9.17) is 5.73 Å². The van der Waals surface area contributed by atoms with Crippen molar-refractivity contribution in [2.24, 2.45) is 5.92 Å². The Kier molecular flexibility index (Phi) is 7.30. The summed E-state index contributed by atoms with van der Waals surface area (Å²) in [4.78, 5) is 50.2. The summed E-state index contributed by atoms with van der Waals surface area (Å²) in [5.74, 6) is -1.24. The molecule has 212 valence electrons. The number of nitrogen functional groups attached to an aromatic ring is 1. The number of anilines is 3. The molecule has 5 rings (SSSR count). The van der Waals surface area contributed by atoms with Crippen LogP contribution in [-0.4, -0.2) is 36.6 Å². The van der Waals surface area contributed by atoms with Crippen LogP contribution in [0.2, 0.25) is 0 Å². The lowest BCUT2D eigenvalue weighted by atomic mass is 9.86. The minimum absolute atomic E-state index is 0.0834. The summed E-state index contributed by atoms with van der Waals surface area (Å²) in [7, 11) is 0. The fraction of sp³-hybridized carbons (Fsp3) is 0.259. The Bertz CT molecular complexity index is 1660. The van der Waals surface area contributed by atoms with Crippen molar-refractivity contribution in [2.45, 2.75) is 37.9 Å². The molecule has 0 atom stereocenters. The van der Waals surface area contributed by atoms with Crippen molar-refractivity contribution >= 4 is 40.4 Å². The molecule has 0 aliphatic heterocycles. The van der Waals surface area contributed by atoms with E-state index in [1.807, 2.05) is 0 Å². The predicted octanol–water partition coefficient (Wildman–Crippen LogP) is 4.91. The van der Waals surface area contributed by atoms with Crippen molar-refractivity contribution in [2.75, 3.05) is 16.4 Å². The van der Waals surface area contributed by atoms with Crippen molar-refractivity contribution in [3.63, 3.8) is 0 Å². The molecule has 1 saturated carbocycles. The molecule has 14 heteroatoms. The first kappa shape index (κ1) is 27.6.